The fourth-order valence-electron chi connectivity index (χ4n) is 2.37. The highest BCUT2D eigenvalue weighted by atomic mass is 19.1. The highest BCUT2D eigenvalue weighted by Crippen LogP contribution is 2.28. The van der Waals surface area contributed by atoms with Crippen molar-refractivity contribution in [1.29, 1.82) is 0 Å². The molecule has 3 rings (SSSR count). The zero-order valence-corrected chi connectivity index (χ0v) is 15.1. The average Bonchev–Trinajstić information content (AvgIpc) is 2.68. The van der Waals surface area contributed by atoms with Gasteiger partial charge in [-0.15, -0.1) is 0 Å². The first-order valence-electron chi connectivity index (χ1n) is 8.78. The number of nitrogens with one attached hydrogen (secondary N) is 2. The number of nitrogen functional groups attached to an aromatic ring is 1. The van der Waals surface area contributed by atoms with Gasteiger partial charge in [-0.05, 0) is 55.0 Å². The van der Waals surface area contributed by atoms with Crippen LogP contribution in [0.3, 0.4) is 0 Å². The van der Waals surface area contributed by atoms with Crippen LogP contribution in [-0.2, 0) is 0 Å². The van der Waals surface area contributed by atoms with E-state index < -0.39 is 0 Å². The predicted octanol–water partition coefficient (Wildman–Crippen LogP) is 4.86. The van der Waals surface area contributed by atoms with Crippen molar-refractivity contribution in [2.75, 3.05) is 23.0 Å². The summed E-state index contributed by atoms with van der Waals surface area (Å²) >= 11 is 0. The molecule has 0 aliphatic carbocycles. The standard InChI is InChI=1S/C20H22FN5O/c1-2-3-12-27-17-10-8-16(9-11-17)26-20-18(22)19(23-13-24-20)25-15-6-4-14(21)5-7-15/h4-11,13H,2-3,12,22H2,1H3,(H2,23,24,25,26). The number of nitrogens with zero attached hydrogens (tertiary/aromatic N) is 2. The molecule has 1 heterocycles. The number of nitrogens with two attached hydrogens (primary N) is 1. The van der Waals surface area contributed by atoms with Gasteiger partial charge in [0.2, 0.25) is 0 Å². The van der Waals surface area contributed by atoms with Gasteiger partial charge < -0.3 is 21.1 Å². The minimum atomic E-state index is -0.305. The molecule has 0 amide bonds. The van der Waals surface area contributed by atoms with Crippen LogP contribution in [0.15, 0.2) is 54.9 Å². The zero-order chi connectivity index (χ0) is 19.1. The van der Waals surface area contributed by atoms with Gasteiger partial charge in [0.25, 0.3) is 0 Å². The van der Waals surface area contributed by atoms with Crippen LogP contribution in [0.5, 0.6) is 5.75 Å². The van der Waals surface area contributed by atoms with Crippen molar-refractivity contribution in [3.05, 3.63) is 60.7 Å². The molecular weight excluding hydrogens is 345 g/mol. The number of rotatable bonds is 8. The van der Waals surface area contributed by atoms with Crippen LogP contribution in [-0.4, -0.2) is 16.6 Å². The van der Waals surface area contributed by atoms with Crippen molar-refractivity contribution in [3.8, 4) is 5.75 Å². The number of anilines is 5. The molecule has 0 saturated heterocycles. The largest absolute Gasteiger partial charge is 0.494 e. The summed E-state index contributed by atoms with van der Waals surface area (Å²) in [5.41, 5.74) is 8.05. The van der Waals surface area contributed by atoms with E-state index in [-0.39, 0.29) is 5.82 Å². The number of hydrogen-bond donors (Lipinski definition) is 3. The molecular formula is C20H22FN5O. The SMILES string of the molecule is CCCCOc1ccc(Nc2ncnc(Nc3ccc(F)cc3)c2N)cc1. The molecule has 0 saturated carbocycles. The van der Waals surface area contributed by atoms with E-state index >= 15 is 0 Å². The molecule has 4 N–H and O–H groups in total. The third kappa shape index (κ3) is 5.07. The number of hydrogen-bond acceptors (Lipinski definition) is 6. The summed E-state index contributed by atoms with van der Waals surface area (Å²) in [6.45, 7) is 2.84. The van der Waals surface area contributed by atoms with Crippen LogP contribution in [0.4, 0.5) is 33.1 Å². The summed E-state index contributed by atoms with van der Waals surface area (Å²) in [6.07, 6.45) is 3.54. The van der Waals surface area contributed by atoms with E-state index in [9.17, 15) is 4.39 Å². The van der Waals surface area contributed by atoms with Crippen LogP contribution in [0.25, 0.3) is 0 Å². The molecule has 6 nitrogen and oxygen atoms in total. The Balaban J connectivity index is 1.69. The van der Waals surface area contributed by atoms with Gasteiger partial charge in [-0.25, -0.2) is 14.4 Å². The van der Waals surface area contributed by atoms with Crippen molar-refractivity contribution >= 4 is 28.7 Å². The fraction of sp³-hybridized carbons (Fsp3) is 0.200. The summed E-state index contributed by atoms with van der Waals surface area (Å²) < 4.78 is 18.7. The lowest BCUT2D eigenvalue weighted by Gasteiger charge is -2.13. The van der Waals surface area contributed by atoms with Gasteiger partial charge >= 0.3 is 0 Å². The maximum Gasteiger partial charge on any atom is 0.159 e. The quantitative estimate of drug-likeness (QED) is 0.493. The molecule has 0 unspecified atom stereocenters. The molecule has 0 aliphatic heterocycles. The van der Waals surface area contributed by atoms with Crippen LogP contribution >= 0.6 is 0 Å². The van der Waals surface area contributed by atoms with Crippen LogP contribution in [0.1, 0.15) is 19.8 Å². The molecule has 3 aromatic rings. The van der Waals surface area contributed by atoms with Crippen molar-refractivity contribution in [1.82, 2.24) is 9.97 Å². The Labute approximate surface area is 157 Å². The molecule has 0 fully saturated rings. The Morgan fingerprint density at radius 3 is 2.04 bits per heavy atom. The maximum atomic E-state index is 13.0. The summed E-state index contributed by atoms with van der Waals surface area (Å²) in [7, 11) is 0. The highest BCUT2D eigenvalue weighted by Gasteiger charge is 2.09. The maximum absolute atomic E-state index is 13.0. The Hall–Kier alpha value is -3.35. The third-order valence-electron chi connectivity index (χ3n) is 3.87. The molecule has 0 aliphatic rings. The Morgan fingerprint density at radius 1 is 0.926 bits per heavy atom. The molecule has 140 valence electrons. The monoisotopic (exact) mass is 367 g/mol. The van der Waals surface area contributed by atoms with Crippen LogP contribution in [0, 0.1) is 5.82 Å². The van der Waals surface area contributed by atoms with Crippen molar-refractivity contribution in [2.45, 2.75) is 19.8 Å². The number of benzene rings is 2. The Morgan fingerprint density at radius 2 is 1.48 bits per heavy atom. The van der Waals surface area contributed by atoms with Crippen LogP contribution in [0.2, 0.25) is 0 Å². The van der Waals surface area contributed by atoms with Crippen molar-refractivity contribution in [3.63, 3.8) is 0 Å². The smallest absolute Gasteiger partial charge is 0.159 e. The predicted molar refractivity (Wildman–Crippen MR) is 106 cm³/mol. The number of halogens is 1. The van der Waals surface area contributed by atoms with Gasteiger partial charge in [-0.1, -0.05) is 13.3 Å². The highest BCUT2D eigenvalue weighted by molar-refractivity contribution is 5.80. The lowest BCUT2D eigenvalue weighted by molar-refractivity contribution is 0.309. The first-order chi connectivity index (χ1) is 13.2. The Kier molecular flexibility index (Phi) is 6.04. The first kappa shape index (κ1) is 18.4. The van der Waals surface area contributed by atoms with Gasteiger partial charge in [0, 0.05) is 11.4 Å². The van der Waals surface area contributed by atoms with E-state index in [4.69, 9.17) is 10.5 Å². The van der Waals surface area contributed by atoms with Crippen LogP contribution < -0.4 is 21.1 Å². The second-order valence-electron chi connectivity index (χ2n) is 5.97. The van der Waals surface area contributed by atoms with E-state index in [1.165, 1.54) is 18.5 Å². The topological polar surface area (TPSA) is 85.1 Å². The summed E-state index contributed by atoms with van der Waals surface area (Å²) in [5.74, 6) is 1.44. The van der Waals surface area contributed by atoms with Gasteiger partial charge in [0.05, 0.1) is 6.61 Å². The van der Waals surface area contributed by atoms with E-state index in [1.807, 2.05) is 24.3 Å². The zero-order valence-electron chi connectivity index (χ0n) is 15.1. The number of aromatic nitrogens is 2. The molecule has 1 aromatic heterocycles. The number of ether oxygens (including phenoxy) is 1. The summed E-state index contributed by atoms with van der Waals surface area (Å²) in [5, 5.41) is 6.23. The first-order valence-corrected chi connectivity index (χ1v) is 8.78. The second-order valence-corrected chi connectivity index (χ2v) is 5.97. The molecule has 27 heavy (non-hydrogen) atoms. The Bertz CT molecular complexity index is 869. The van der Waals surface area contributed by atoms with Gasteiger partial charge in [-0.2, -0.15) is 0 Å². The van der Waals surface area contributed by atoms with Crippen molar-refractivity contribution < 1.29 is 9.13 Å². The van der Waals surface area contributed by atoms with Gasteiger partial charge in [-0.3, -0.25) is 0 Å². The number of unbranched alkanes of at least 4 members (excludes halogenated alkanes) is 1. The summed E-state index contributed by atoms with van der Waals surface area (Å²) in [4.78, 5) is 8.35. The van der Waals surface area contributed by atoms with E-state index in [1.54, 1.807) is 12.1 Å². The summed E-state index contributed by atoms with van der Waals surface area (Å²) in [6, 6.07) is 13.5. The molecule has 0 radical (unpaired) electrons. The average molecular weight is 367 g/mol. The molecule has 0 spiro atoms. The lowest BCUT2D eigenvalue weighted by Crippen LogP contribution is -2.05. The van der Waals surface area contributed by atoms with E-state index in [2.05, 4.69) is 27.5 Å². The minimum Gasteiger partial charge on any atom is -0.494 e. The van der Waals surface area contributed by atoms with Gasteiger partial charge in [0.1, 0.15) is 23.6 Å². The second kappa shape index (κ2) is 8.84. The normalized spacial score (nSPS) is 10.4. The van der Waals surface area contributed by atoms with Gasteiger partial charge in [0.15, 0.2) is 11.6 Å². The molecule has 2 aromatic carbocycles. The van der Waals surface area contributed by atoms with E-state index in [0.717, 1.165) is 24.3 Å². The van der Waals surface area contributed by atoms with E-state index in [0.29, 0.717) is 29.6 Å². The fourth-order valence-corrected chi connectivity index (χ4v) is 2.37. The molecule has 7 heteroatoms. The molecule has 0 atom stereocenters. The third-order valence-corrected chi connectivity index (χ3v) is 3.87. The molecule has 0 bridgehead atoms. The minimum absolute atomic E-state index is 0.305. The lowest BCUT2D eigenvalue weighted by atomic mass is 10.3. The van der Waals surface area contributed by atoms with Crippen molar-refractivity contribution in [2.24, 2.45) is 0 Å².